The fourth-order valence-electron chi connectivity index (χ4n) is 4.79. The Labute approximate surface area is 236 Å². The molecule has 40 heavy (non-hydrogen) atoms. The van der Waals surface area contributed by atoms with E-state index >= 15 is 0 Å². The van der Waals surface area contributed by atoms with Crippen LogP contribution in [0.1, 0.15) is 80.3 Å². The van der Waals surface area contributed by atoms with Gasteiger partial charge in [0.15, 0.2) is 0 Å². The van der Waals surface area contributed by atoms with E-state index in [0.717, 1.165) is 28.7 Å². The Kier molecular flexibility index (Phi) is 9.60. The number of para-hydroxylation sites is 1. The SMILES string of the molecule is Cc1ccc(C(C(=O)Nc2c(C)cccc2C)N(C(=O)C(CC(N)=O)NC(=O)OC(C)(C)C)C2CCC2)cc1C. The van der Waals surface area contributed by atoms with Crippen LogP contribution in [0.2, 0.25) is 0 Å². The Bertz CT molecular complexity index is 1260. The third kappa shape index (κ3) is 7.61. The van der Waals surface area contributed by atoms with Crippen LogP contribution in [0, 0.1) is 27.7 Å². The molecule has 0 aliphatic heterocycles. The van der Waals surface area contributed by atoms with E-state index in [0.29, 0.717) is 24.1 Å². The summed E-state index contributed by atoms with van der Waals surface area (Å²) < 4.78 is 5.36. The molecule has 1 aliphatic carbocycles. The number of rotatable bonds is 9. The predicted octanol–water partition coefficient (Wildman–Crippen LogP) is 4.75. The van der Waals surface area contributed by atoms with Crippen molar-refractivity contribution in [2.45, 2.75) is 97.9 Å². The monoisotopic (exact) mass is 550 g/mol. The Morgan fingerprint density at radius 3 is 2.10 bits per heavy atom. The topological polar surface area (TPSA) is 131 Å². The third-order valence-corrected chi connectivity index (χ3v) is 7.22. The quantitative estimate of drug-likeness (QED) is 0.415. The first-order valence-electron chi connectivity index (χ1n) is 13.7. The molecule has 0 radical (unpaired) electrons. The van der Waals surface area contributed by atoms with Crippen LogP contribution in [0.5, 0.6) is 0 Å². The number of nitrogens with zero attached hydrogens (tertiary/aromatic N) is 1. The number of hydrogen-bond donors (Lipinski definition) is 3. The van der Waals surface area contributed by atoms with E-state index in [-0.39, 0.29) is 11.9 Å². The van der Waals surface area contributed by atoms with Gasteiger partial charge in [-0.15, -0.1) is 0 Å². The van der Waals surface area contributed by atoms with Crippen molar-refractivity contribution in [2.24, 2.45) is 5.73 Å². The summed E-state index contributed by atoms with van der Waals surface area (Å²) in [5, 5.41) is 5.60. The Morgan fingerprint density at radius 1 is 0.975 bits per heavy atom. The highest BCUT2D eigenvalue weighted by Crippen LogP contribution is 2.35. The first-order chi connectivity index (χ1) is 18.7. The number of benzene rings is 2. The highest BCUT2D eigenvalue weighted by molar-refractivity contribution is 6.00. The second-order valence-electron chi connectivity index (χ2n) is 11.7. The van der Waals surface area contributed by atoms with E-state index in [1.54, 1.807) is 20.8 Å². The average Bonchev–Trinajstić information content (AvgIpc) is 2.79. The van der Waals surface area contributed by atoms with Gasteiger partial charge in [-0.3, -0.25) is 14.4 Å². The van der Waals surface area contributed by atoms with E-state index in [2.05, 4.69) is 10.6 Å². The Morgan fingerprint density at radius 2 is 1.60 bits per heavy atom. The zero-order valence-corrected chi connectivity index (χ0v) is 24.6. The number of carbonyl (C=O) groups excluding carboxylic acids is 4. The van der Waals surface area contributed by atoms with Crippen molar-refractivity contribution in [3.8, 4) is 0 Å². The second kappa shape index (κ2) is 12.5. The molecule has 4 amide bonds. The number of anilines is 1. The minimum absolute atomic E-state index is 0.251. The molecule has 9 nitrogen and oxygen atoms in total. The van der Waals surface area contributed by atoms with Gasteiger partial charge in [-0.2, -0.15) is 0 Å². The van der Waals surface area contributed by atoms with Crippen molar-refractivity contribution < 1.29 is 23.9 Å². The van der Waals surface area contributed by atoms with Gasteiger partial charge in [0.2, 0.25) is 11.8 Å². The molecular weight excluding hydrogens is 508 g/mol. The van der Waals surface area contributed by atoms with Crippen molar-refractivity contribution in [1.82, 2.24) is 10.2 Å². The predicted molar refractivity (Wildman–Crippen MR) is 155 cm³/mol. The molecule has 9 heteroatoms. The smallest absolute Gasteiger partial charge is 0.408 e. The van der Waals surface area contributed by atoms with Gasteiger partial charge in [0.25, 0.3) is 5.91 Å². The molecule has 1 saturated carbocycles. The van der Waals surface area contributed by atoms with Crippen LogP contribution in [0.4, 0.5) is 10.5 Å². The lowest BCUT2D eigenvalue weighted by Gasteiger charge is -2.43. The summed E-state index contributed by atoms with van der Waals surface area (Å²) in [6.07, 6.45) is 1.01. The second-order valence-corrected chi connectivity index (χ2v) is 11.7. The van der Waals surface area contributed by atoms with Crippen molar-refractivity contribution in [3.05, 3.63) is 64.2 Å². The maximum absolute atomic E-state index is 14.2. The molecule has 2 atom stereocenters. The number of ether oxygens (including phenoxy) is 1. The van der Waals surface area contributed by atoms with E-state index in [1.165, 1.54) is 4.90 Å². The Balaban J connectivity index is 2.09. The van der Waals surface area contributed by atoms with Crippen LogP contribution in [-0.4, -0.2) is 46.4 Å². The van der Waals surface area contributed by atoms with E-state index in [4.69, 9.17) is 10.5 Å². The zero-order valence-electron chi connectivity index (χ0n) is 24.6. The molecule has 2 aromatic rings. The van der Waals surface area contributed by atoms with E-state index < -0.39 is 42.0 Å². The van der Waals surface area contributed by atoms with Gasteiger partial charge in [0.05, 0.1) is 6.42 Å². The first-order valence-corrected chi connectivity index (χ1v) is 13.7. The molecule has 0 heterocycles. The molecule has 3 rings (SSSR count). The fourth-order valence-corrected chi connectivity index (χ4v) is 4.79. The normalized spacial score (nSPS) is 14.9. The van der Waals surface area contributed by atoms with Crippen molar-refractivity contribution in [1.29, 1.82) is 0 Å². The molecular formula is C31H42N4O5. The summed E-state index contributed by atoms with van der Waals surface area (Å²) in [6, 6.07) is 8.87. The minimum atomic E-state index is -1.30. The number of hydrogen-bond acceptors (Lipinski definition) is 5. The largest absolute Gasteiger partial charge is 0.444 e. The lowest BCUT2D eigenvalue weighted by atomic mass is 9.87. The highest BCUT2D eigenvalue weighted by Gasteiger charge is 2.42. The molecule has 0 saturated heterocycles. The molecule has 1 fully saturated rings. The number of carbonyl (C=O) groups is 4. The maximum Gasteiger partial charge on any atom is 0.408 e. The number of nitrogens with one attached hydrogen (secondary N) is 2. The van der Waals surface area contributed by atoms with E-state index in [1.807, 2.05) is 64.1 Å². The first kappa shape index (κ1) is 30.7. The summed E-state index contributed by atoms with van der Waals surface area (Å²) in [6.45, 7) is 12.9. The van der Waals surface area contributed by atoms with E-state index in [9.17, 15) is 19.2 Å². The molecule has 0 spiro atoms. The van der Waals surface area contributed by atoms with Crippen molar-refractivity contribution in [3.63, 3.8) is 0 Å². The molecule has 216 valence electrons. The fraction of sp³-hybridized carbons (Fsp3) is 0.484. The molecule has 1 aliphatic rings. The molecule has 4 N–H and O–H groups in total. The van der Waals surface area contributed by atoms with Gasteiger partial charge in [-0.25, -0.2) is 4.79 Å². The van der Waals surface area contributed by atoms with Gasteiger partial charge in [-0.05, 0) is 95.5 Å². The van der Waals surface area contributed by atoms with Gasteiger partial charge < -0.3 is 26.0 Å². The Hall–Kier alpha value is -3.88. The van der Waals surface area contributed by atoms with Gasteiger partial charge in [0.1, 0.15) is 17.7 Å². The maximum atomic E-state index is 14.2. The van der Waals surface area contributed by atoms with Gasteiger partial charge in [-0.1, -0.05) is 36.4 Å². The van der Waals surface area contributed by atoms with Crippen LogP contribution < -0.4 is 16.4 Å². The lowest BCUT2D eigenvalue weighted by Crippen LogP contribution is -2.57. The molecule has 2 unspecified atom stereocenters. The van der Waals surface area contributed by atoms with Gasteiger partial charge >= 0.3 is 6.09 Å². The summed E-state index contributed by atoms with van der Waals surface area (Å²) in [7, 11) is 0. The van der Waals surface area contributed by atoms with Crippen LogP contribution in [0.15, 0.2) is 36.4 Å². The highest BCUT2D eigenvalue weighted by atomic mass is 16.6. The number of amides is 4. The number of nitrogens with two attached hydrogens (primary N) is 1. The van der Waals surface area contributed by atoms with Crippen LogP contribution in [0.25, 0.3) is 0 Å². The summed E-state index contributed by atoms with van der Waals surface area (Å²) >= 11 is 0. The van der Waals surface area contributed by atoms with Crippen molar-refractivity contribution >= 4 is 29.5 Å². The molecule has 2 aromatic carbocycles. The third-order valence-electron chi connectivity index (χ3n) is 7.22. The minimum Gasteiger partial charge on any atom is -0.444 e. The van der Waals surface area contributed by atoms with Gasteiger partial charge in [0, 0.05) is 11.7 Å². The zero-order chi connectivity index (χ0) is 29.8. The molecule has 0 bridgehead atoms. The standard InChI is InChI=1S/C31H42N4O5/c1-18-14-15-22(16-21(18)4)27(28(37)34-26-19(2)10-8-11-20(26)3)35(23-12-9-13-23)29(38)24(17-25(32)36)33-30(39)40-31(5,6)7/h8,10-11,14-16,23-24,27H,9,12-13,17H2,1-7H3,(H2,32,36)(H,33,39)(H,34,37). The number of aryl methyl sites for hydroxylation is 4. The van der Waals surface area contributed by atoms with Crippen LogP contribution in [0.3, 0.4) is 0 Å². The number of alkyl carbamates (subject to hydrolysis) is 1. The lowest BCUT2D eigenvalue weighted by molar-refractivity contribution is -0.146. The summed E-state index contributed by atoms with van der Waals surface area (Å²) in [4.78, 5) is 54.6. The summed E-state index contributed by atoms with van der Waals surface area (Å²) in [5.74, 6) is -1.70. The van der Waals surface area contributed by atoms with Crippen LogP contribution >= 0.6 is 0 Å². The molecule has 0 aromatic heterocycles. The van der Waals surface area contributed by atoms with Crippen molar-refractivity contribution in [2.75, 3.05) is 5.32 Å². The van der Waals surface area contributed by atoms with Crippen LogP contribution in [-0.2, 0) is 19.1 Å². The summed E-state index contributed by atoms with van der Waals surface area (Å²) in [5.41, 5.74) is 9.82. The number of primary amides is 1. The average molecular weight is 551 g/mol.